The predicted octanol–water partition coefficient (Wildman–Crippen LogP) is 4.75. The molecule has 3 heterocycles. The lowest BCUT2D eigenvalue weighted by atomic mass is 9.93. The Morgan fingerprint density at radius 3 is 2.57 bits per heavy atom. The Bertz CT molecular complexity index is 1370. The van der Waals surface area contributed by atoms with Crippen molar-refractivity contribution in [3.05, 3.63) is 95.4 Å². The fourth-order valence-electron chi connectivity index (χ4n) is 4.59. The third-order valence-electron chi connectivity index (χ3n) is 6.72. The van der Waals surface area contributed by atoms with Crippen molar-refractivity contribution in [2.75, 3.05) is 4.90 Å². The number of aryl methyl sites for hydroxylation is 2. The molecule has 2 aromatic carbocycles. The lowest BCUT2D eigenvalue weighted by Gasteiger charge is -2.43. The van der Waals surface area contributed by atoms with E-state index in [0.717, 1.165) is 23.1 Å². The van der Waals surface area contributed by atoms with Gasteiger partial charge in [-0.3, -0.25) is 19.2 Å². The molecule has 1 N–H and O–H groups in total. The molecule has 0 saturated carbocycles. The number of rotatable bonds is 6. The highest BCUT2D eigenvalue weighted by molar-refractivity contribution is 6.12. The third kappa shape index (κ3) is 4.03. The minimum atomic E-state index is -1.19. The van der Waals surface area contributed by atoms with Gasteiger partial charge in [-0.05, 0) is 61.2 Å². The summed E-state index contributed by atoms with van der Waals surface area (Å²) in [7, 11) is 0. The van der Waals surface area contributed by atoms with E-state index >= 15 is 0 Å². The van der Waals surface area contributed by atoms with E-state index in [1.807, 2.05) is 55.5 Å². The summed E-state index contributed by atoms with van der Waals surface area (Å²) in [6, 6.07) is 21.0. The smallest absolute Gasteiger partial charge is 0.277 e. The van der Waals surface area contributed by atoms with Gasteiger partial charge in [0.1, 0.15) is 16.9 Å². The summed E-state index contributed by atoms with van der Waals surface area (Å²) >= 11 is 0. The molecular weight excluding hydrogens is 440 g/mol. The summed E-state index contributed by atoms with van der Waals surface area (Å²) in [4.78, 5) is 29.2. The van der Waals surface area contributed by atoms with Crippen LogP contribution in [0, 0.1) is 6.92 Å². The summed E-state index contributed by atoms with van der Waals surface area (Å²) in [6.07, 6.45) is 2.46. The van der Waals surface area contributed by atoms with Gasteiger partial charge in [0, 0.05) is 18.3 Å². The van der Waals surface area contributed by atoms with E-state index in [9.17, 15) is 9.59 Å². The number of carbonyl (C=O) groups excluding carboxylic acids is 2. The zero-order valence-electron chi connectivity index (χ0n) is 20.1. The molecule has 1 aliphatic rings. The fraction of sp³-hybridized carbons (Fsp3) is 0.250. The maximum absolute atomic E-state index is 13.9. The van der Waals surface area contributed by atoms with E-state index in [4.69, 9.17) is 4.42 Å². The highest BCUT2D eigenvalue weighted by atomic mass is 16.3. The number of hydrogen-bond donors (Lipinski definition) is 1. The quantitative estimate of drug-likeness (QED) is 0.443. The molecule has 0 radical (unpaired) electrons. The van der Waals surface area contributed by atoms with Crippen molar-refractivity contribution in [1.82, 2.24) is 15.1 Å². The van der Waals surface area contributed by atoms with Gasteiger partial charge in [-0.25, -0.2) is 0 Å². The molecule has 0 saturated heterocycles. The monoisotopic (exact) mass is 468 g/mol. The van der Waals surface area contributed by atoms with Crippen LogP contribution in [0.1, 0.15) is 41.0 Å². The molecule has 0 fully saturated rings. The van der Waals surface area contributed by atoms with Crippen LogP contribution in [0.4, 0.5) is 5.69 Å². The number of furan rings is 1. The van der Waals surface area contributed by atoms with E-state index in [1.165, 1.54) is 0 Å². The SMILES string of the molecule is CCc1ccc(N2C(=O)c3cc(-c4ccco4)nn3C[C@]2(C)C(=O)NCc2ccccc2C)cc1. The Hall–Kier alpha value is -4.13. The molecule has 5 rings (SSSR count). The van der Waals surface area contributed by atoms with Crippen molar-refractivity contribution in [2.24, 2.45) is 0 Å². The fourth-order valence-corrected chi connectivity index (χ4v) is 4.59. The van der Waals surface area contributed by atoms with Crippen LogP contribution >= 0.6 is 0 Å². The summed E-state index contributed by atoms with van der Waals surface area (Å²) in [5, 5.41) is 7.67. The summed E-state index contributed by atoms with van der Waals surface area (Å²) < 4.78 is 7.10. The van der Waals surface area contributed by atoms with Crippen LogP contribution in [-0.4, -0.2) is 27.1 Å². The van der Waals surface area contributed by atoms with Crippen LogP contribution in [-0.2, 0) is 24.3 Å². The van der Waals surface area contributed by atoms with Gasteiger partial charge in [0.15, 0.2) is 5.76 Å². The van der Waals surface area contributed by atoms with Crippen molar-refractivity contribution in [1.29, 1.82) is 0 Å². The lowest BCUT2D eigenvalue weighted by Crippen LogP contribution is -2.64. The number of aromatic nitrogens is 2. The molecule has 7 heteroatoms. The van der Waals surface area contributed by atoms with Crippen molar-refractivity contribution in [2.45, 2.75) is 45.8 Å². The second kappa shape index (κ2) is 8.91. The molecule has 0 bridgehead atoms. The summed E-state index contributed by atoms with van der Waals surface area (Å²) in [5.41, 5.74) is 3.76. The molecule has 2 amide bonds. The van der Waals surface area contributed by atoms with Crippen LogP contribution in [0.2, 0.25) is 0 Å². The number of amides is 2. The molecule has 2 aromatic heterocycles. The Labute approximate surface area is 204 Å². The Morgan fingerprint density at radius 2 is 1.89 bits per heavy atom. The van der Waals surface area contributed by atoms with Crippen molar-refractivity contribution in [3.63, 3.8) is 0 Å². The van der Waals surface area contributed by atoms with Crippen LogP contribution in [0.5, 0.6) is 0 Å². The highest BCUT2D eigenvalue weighted by Crippen LogP contribution is 2.34. The third-order valence-corrected chi connectivity index (χ3v) is 6.72. The number of anilines is 1. The van der Waals surface area contributed by atoms with Crippen molar-refractivity contribution < 1.29 is 14.0 Å². The maximum atomic E-state index is 13.9. The summed E-state index contributed by atoms with van der Waals surface area (Å²) in [6.45, 7) is 6.48. The van der Waals surface area contributed by atoms with E-state index in [-0.39, 0.29) is 18.4 Å². The first kappa shape index (κ1) is 22.7. The average Bonchev–Trinajstić information content (AvgIpc) is 3.54. The van der Waals surface area contributed by atoms with Gasteiger partial charge >= 0.3 is 0 Å². The van der Waals surface area contributed by atoms with Crippen LogP contribution in [0.3, 0.4) is 0 Å². The van der Waals surface area contributed by atoms with Crippen LogP contribution in [0.25, 0.3) is 11.5 Å². The second-order valence-corrected chi connectivity index (χ2v) is 9.09. The van der Waals surface area contributed by atoms with Crippen LogP contribution < -0.4 is 10.2 Å². The number of benzene rings is 2. The molecule has 7 nitrogen and oxygen atoms in total. The largest absolute Gasteiger partial charge is 0.463 e. The first-order valence-electron chi connectivity index (χ1n) is 11.8. The number of fused-ring (bicyclic) bond motifs is 1. The molecule has 0 unspecified atom stereocenters. The standard InChI is InChI=1S/C28H28N4O3/c1-4-20-11-13-22(14-12-20)32-26(33)24-16-23(25-10-7-15-35-25)30-31(24)18-28(32,3)27(34)29-17-21-9-6-5-8-19(21)2/h5-16H,4,17-18H2,1-3H3,(H,29,34)/t28-/m1/s1. The minimum absolute atomic E-state index is 0.212. The normalized spacial score (nSPS) is 17.3. The molecule has 0 aliphatic carbocycles. The van der Waals surface area contributed by atoms with Gasteiger partial charge in [0.2, 0.25) is 5.91 Å². The molecule has 178 valence electrons. The highest BCUT2D eigenvalue weighted by Gasteiger charge is 2.49. The number of nitrogens with one attached hydrogen (secondary N) is 1. The predicted molar refractivity (Wildman–Crippen MR) is 134 cm³/mol. The maximum Gasteiger partial charge on any atom is 0.277 e. The zero-order valence-corrected chi connectivity index (χ0v) is 20.1. The Morgan fingerprint density at radius 1 is 1.11 bits per heavy atom. The number of nitrogens with zero attached hydrogens (tertiary/aromatic N) is 3. The van der Waals surface area contributed by atoms with Gasteiger partial charge in [0.25, 0.3) is 5.91 Å². The van der Waals surface area contributed by atoms with Crippen molar-refractivity contribution >= 4 is 17.5 Å². The molecule has 35 heavy (non-hydrogen) atoms. The number of hydrogen-bond acceptors (Lipinski definition) is 4. The summed E-state index contributed by atoms with van der Waals surface area (Å²) in [5.74, 6) is 0.0537. The lowest BCUT2D eigenvalue weighted by molar-refractivity contribution is -0.126. The first-order valence-corrected chi connectivity index (χ1v) is 11.8. The van der Waals surface area contributed by atoms with E-state index in [2.05, 4.69) is 17.3 Å². The Balaban J connectivity index is 1.53. The molecule has 1 atom stereocenters. The van der Waals surface area contributed by atoms with E-state index in [1.54, 1.807) is 41.0 Å². The average molecular weight is 469 g/mol. The molecule has 1 aliphatic heterocycles. The van der Waals surface area contributed by atoms with Gasteiger partial charge < -0.3 is 9.73 Å². The molecule has 4 aromatic rings. The second-order valence-electron chi connectivity index (χ2n) is 9.09. The van der Waals surface area contributed by atoms with Gasteiger partial charge in [-0.1, -0.05) is 43.3 Å². The van der Waals surface area contributed by atoms with Crippen LogP contribution in [0.15, 0.2) is 77.4 Å². The van der Waals surface area contributed by atoms with Gasteiger partial charge in [-0.2, -0.15) is 5.10 Å². The first-order chi connectivity index (χ1) is 16.9. The molecular formula is C28H28N4O3. The topological polar surface area (TPSA) is 80.4 Å². The van der Waals surface area contributed by atoms with E-state index < -0.39 is 5.54 Å². The van der Waals surface area contributed by atoms with Gasteiger partial charge in [0.05, 0.1) is 12.8 Å². The van der Waals surface area contributed by atoms with Crippen molar-refractivity contribution in [3.8, 4) is 11.5 Å². The Kier molecular flexibility index (Phi) is 5.76. The number of carbonyl (C=O) groups is 2. The molecule has 0 spiro atoms. The van der Waals surface area contributed by atoms with Gasteiger partial charge in [-0.15, -0.1) is 0 Å². The zero-order chi connectivity index (χ0) is 24.6. The minimum Gasteiger partial charge on any atom is -0.463 e. The van der Waals surface area contributed by atoms with E-state index in [0.29, 0.717) is 29.4 Å².